The molecule has 5 nitrogen and oxygen atoms in total. The fraction of sp³-hybridized carbons (Fsp3) is 0.182. The van der Waals surface area contributed by atoms with Gasteiger partial charge >= 0.3 is 5.97 Å². The average molecular weight is 352 g/mol. The van der Waals surface area contributed by atoms with E-state index in [9.17, 15) is 13.2 Å². The van der Waals surface area contributed by atoms with E-state index in [2.05, 4.69) is 4.72 Å². The van der Waals surface area contributed by atoms with E-state index in [0.29, 0.717) is 4.34 Å². The van der Waals surface area contributed by atoms with Crippen LogP contribution in [0.25, 0.3) is 0 Å². The lowest BCUT2D eigenvalue weighted by molar-refractivity contribution is 0.0697. The molecule has 0 radical (unpaired) electrons. The second kappa shape index (κ2) is 5.82. The van der Waals surface area contributed by atoms with E-state index < -0.39 is 22.0 Å². The van der Waals surface area contributed by atoms with Crippen molar-refractivity contribution in [2.45, 2.75) is 17.2 Å². The molecule has 1 unspecified atom stereocenters. The van der Waals surface area contributed by atoms with Crippen molar-refractivity contribution in [2.75, 3.05) is 0 Å². The van der Waals surface area contributed by atoms with Gasteiger partial charge in [-0.1, -0.05) is 11.6 Å². The van der Waals surface area contributed by atoms with E-state index in [4.69, 9.17) is 16.7 Å². The molecule has 108 valence electrons. The van der Waals surface area contributed by atoms with Crippen LogP contribution in [-0.2, 0) is 10.0 Å². The molecule has 20 heavy (non-hydrogen) atoms. The van der Waals surface area contributed by atoms with Crippen LogP contribution < -0.4 is 4.72 Å². The molecule has 2 heterocycles. The summed E-state index contributed by atoms with van der Waals surface area (Å²) in [6.07, 6.45) is 0. The SMILES string of the molecule is CC(NS(=O)(=O)c1cc(C(=O)O)cs1)c1ccc(Cl)s1. The number of hydrogen-bond donors (Lipinski definition) is 2. The van der Waals surface area contributed by atoms with Crippen molar-refractivity contribution in [1.82, 2.24) is 4.72 Å². The number of halogens is 1. The molecule has 0 aliphatic carbocycles. The Bertz CT molecular complexity index is 734. The highest BCUT2D eigenvalue weighted by Gasteiger charge is 2.22. The van der Waals surface area contributed by atoms with E-state index in [1.165, 1.54) is 16.7 Å². The summed E-state index contributed by atoms with van der Waals surface area (Å²) in [4.78, 5) is 11.6. The van der Waals surface area contributed by atoms with Crippen molar-refractivity contribution < 1.29 is 18.3 Å². The Labute approximate surface area is 128 Å². The Hall–Kier alpha value is -0.930. The van der Waals surface area contributed by atoms with Crippen LogP contribution in [0.15, 0.2) is 27.8 Å². The number of carboxylic acids is 1. The number of rotatable bonds is 5. The van der Waals surface area contributed by atoms with E-state index >= 15 is 0 Å². The molecule has 0 saturated heterocycles. The maximum atomic E-state index is 12.1. The third-order valence-electron chi connectivity index (χ3n) is 2.44. The van der Waals surface area contributed by atoms with Crippen molar-refractivity contribution in [2.24, 2.45) is 0 Å². The largest absolute Gasteiger partial charge is 0.478 e. The molecule has 0 amide bonds. The number of nitrogens with one attached hydrogen (secondary N) is 1. The lowest BCUT2D eigenvalue weighted by Gasteiger charge is -2.11. The Morgan fingerprint density at radius 2 is 2.15 bits per heavy atom. The summed E-state index contributed by atoms with van der Waals surface area (Å²) in [5.41, 5.74) is -0.0396. The maximum absolute atomic E-state index is 12.1. The smallest absolute Gasteiger partial charge is 0.336 e. The summed E-state index contributed by atoms with van der Waals surface area (Å²) in [6, 6.07) is 4.15. The van der Waals surface area contributed by atoms with Crippen LogP contribution >= 0.6 is 34.3 Å². The van der Waals surface area contributed by atoms with Crippen molar-refractivity contribution in [1.29, 1.82) is 0 Å². The van der Waals surface area contributed by atoms with Gasteiger partial charge in [0, 0.05) is 10.3 Å². The average Bonchev–Trinajstić information content (AvgIpc) is 2.96. The minimum Gasteiger partial charge on any atom is -0.478 e. The molecule has 0 fully saturated rings. The molecule has 1 atom stereocenters. The molecule has 0 spiro atoms. The number of thiophene rings is 2. The summed E-state index contributed by atoms with van der Waals surface area (Å²) < 4.78 is 27.3. The molecular formula is C11H10ClNO4S3. The molecule has 9 heteroatoms. The zero-order valence-corrected chi connectivity index (χ0v) is 13.4. The van der Waals surface area contributed by atoms with Crippen LogP contribution in [-0.4, -0.2) is 19.5 Å². The van der Waals surface area contributed by atoms with Crippen molar-refractivity contribution >= 4 is 50.3 Å². The van der Waals surface area contributed by atoms with Gasteiger partial charge in [-0.3, -0.25) is 0 Å². The zero-order valence-electron chi connectivity index (χ0n) is 10.2. The molecule has 0 saturated carbocycles. The second-order valence-electron chi connectivity index (χ2n) is 3.94. The fourth-order valence-electron chi connectivity index (χ4n) is 1.48. The number of carboxylic acid groups (broad SMARTS) is 1. The first-order valence-electron chi connectivity index (χ1n) is 5.39. The standard InChI is InChI=1S/C11H10ClNO4S3/c1-6(8-2-3-9(12)19-8)13-20(16,17)10-4-7(5-18-10)11(14)15/h2-6,13H,1H3,(H,14,15). The van der Waals surface area contributed by atoms with Crippen molar-refractivity contribution in [3.05, 3.63) is 38.4 Å². The molecule has 0 aromatic carbocycles. The Balaban J connectivity index is 2.20. The Morgan fingerprint density at radius 1 is 1.45 bits per heavy atom. The lowest BCUT2D eigenvalue weighted by Crippen LogP contribution is -2.25. The van der Waals surface area contributed by atoms with Gasteiger partial charge in [0.2, 0.25) is 0 Å². The van der Waals surface area contributed by atoms with Crippen LogP contribution in [0.1, 0.15) is 28.2 Å². The van der Waals surface area contributed by atoms with Crippen molar-refractivity contribution in [3.63, 3.8) is 0 Å². The van der Waals surface area contributed by atoms with E-state index in [1.807, 2.05) is 0 Å². The van der Waals surface area contributed by atoms with Crippen LogP contribution in [0.3, 0.4) is 0 Å². The summed E-state index contributed by atoms with van der Waals surface area (Å²) in [5.74, 6) is -1.15. The normalized spacial score (nSPS) is 13.3. The third kappa shape index (κ3) is 3.39. The van der Waals surface area contributed by atoms with Gasteiger partial charge in [0.25, 0.3) is 10.0 Å². The van der Waals surface area contributed by atoms with Crippen LogP contribution in [0.4, 0.5) is 0 Å². The van der Waals surface area contributed by atoms with Gasteiger partial charge in [0.1, 0.15) is 4.21 Å². The number of carbonyl (C=O) groups is 1. The first-order chi connectivity index (χ1) is 9.29. The molecule has 2 rings (SSSR count). The number of hydrogen-bond acceptors (Lipinski definition) is 5. The first-order valence-corrected chi connectivity index (χ1v) is 8.95. The zero-order chi connectivity index (χ0) is 14.9. The summed E-state index contributed by atoms with van der Waals surface area (Å²) in [5, 5.41) is 10.1. The molecule has 2 N–H and O–H groups in total. The predicted molar refractivity (Wildman–Crippen MR) is 79.3 cm³/mol. The molecule has 0 aliphatic heterocycles. The topological polar surface area (TPSA) is 83.5 Å². The Kier molecular flexibility index (Phi) is 4.50. The molecule has 0 aliphatic rings. The summed E-state index contributed by atoms with van der Waals surface area (Å²) >= 11 is 7.97. The first kappa shape index (κ1) is 15.5. The fourth-order valence-corrected chi connectivity index (χ4v) is 5.01. The van der Waals surface area contributed by atoms with Crippen molar-refractivity contribution in [3.8, 4) is 0 Å². The molecular weight excluding hydrogens is 342 g/mol. The third-order valence-corrected chi connectivity index (χ3v) is 6.83. The highest BCUT2D eigenvalue weighted by molar-refractivity contribution is 7.91. The lowest BCUT2D eigenvalue weighted by atomic mass is 10.3. The molecule has 0 bridgehead atoms. The number of sulfonamides is 1. The quantitative estimate of drug-likeness (QED) is 0.866. The predicted octanol–water partition coefficient (Wildman–Crippen LogP) is 3.20. The maximum Gasteiger partial charge on any atom is 0.336 e. The molecule has 2 aromatic rings. The van der Waals surface area contributed by atoms with Gasteiger partial charge in [-0.15, -0.1) is 22.7 Å². The van der Waals surface area contributed by atoms with E-state index in [-0.39, 0.29) is 9.77 Å². The minimum absolute atomic E-state index is 0.0237. The van der Waals surface area contributed by atoms with Gasteiger partial charge in [-0.05, 0) is 25.1 Å². The van der Waals surface area contributed by atoms with Gasteiger partial charge in [0.05, 0.1) is 15.9 Å². The van der Waals surface area contributed by atoms with Crippen LogP contribution in [0.2, 0.25) is 4.34 Å². The van der Waals surface area contributed by atoms with Gasteiger partial charge in [-0.2, -0.15) is 0 Å². The number of aromatic carboxylic acids is 1. The monoisotopic (exact) mass is 351 g/mol. The highest BCUT2D eigenvalue weighted by atomic mass is 35.5. The minimum atomic E-state index is -3.74. The van der Waals surface area contributed by atoms with Gasteiger partial charge < -0.3 is 5.11 Å². The second-order valence-corrected chi connectivity index (χ2v) is 8.54. The van der Waals surface area contributed by atoms with E-state index in [0.717, 1.165) is 22.3 Å². The van der Waals surface area contributed by atoms with Crippen LogP contribution in [0, 0.1) is 0 Å². The van der Waals surface area contributed by atoms with Gasteiger partial charge in [0.15, 0.2) is 0 Å². The Morgan fingerprint density at radius 3 is 2.65 bits per heavy atom. The van der Waals surface area contributed by atoms with Gasteiger partial charge in [-0.25, -0.2) is 17.9 Å². The summed E-state index contributed by atoms with van der Waals surface area (Å²) in [7, 11) is -3.74. The summed E-state index contributed by atoms with van der Waals surface area (Å²) in [6.45, 7) is 1.70. The van der Waals surface area contributed by atoms with E-state index in [1.54, 1.807) is 19.1 Å². The van der Waals surface area contributed by atoms with Crippen LogP contribution in [0.5, 0.6) is 0 Å². The highest BCUT2D eigenvalue weighted by Crippen LogP contribution is 2.28. The molecule has 2 aromatic heterocycles.